The van der Waals surface area contributed by atoms with Crippen molar-refractivity contribution in [3.05, 3.63) is 50.9 Å². The molecule has 2 aromatic rings. The summed E-state index contributed by atoms with van der Waals surface area (Å²) in [6.45, 7) is 3.53. The zero-order valence-corrected chi connectivity index (χ0v) is 17.0. The summed E-state index contributed by atoms with van der Waals surface area (Å²) < 4.78 is 0. The van der Waals surface area contributed by atoms with Gasteiger partial charge >= 0.3 is 0 Å². The molecule has 0 saturated carbocycles. The van der Waals surface area contributed by atoms with Crippen LogP contribution in [0.1, 0.15) is 46.1 Å². The van der Waals surface area contributed by atoms with Gasteiger partial charge < -0.3 is 11.1 Å². The van der Waals surface area contributed by atoms with E-state index in [2.05, 4.69) is 5.32 Å². The lowest BCUT2D eigenvalue weighted by Gasteiger charge is -2.20. The van der Waals surface area contributed by atoms with Crippen LogP contribution in [0.15, 0.2) is 24.3 Å². The van der Waals surface area contributed by atoms with E-state index in [1.165, 1.54) is 16.2 Å². The summed E-state index contributed by atoms with van der Waals surface area (Å²) in [6.07, 6.45) is 3.97. The minimum Gasteiger partial charge on any atom is -0.365 e. The molecule has 7 heteroatoms. The Labute approximate surface area is 168 Å². The molecule has 0 aliphatic heterocycles. The molecule has 2 amide bonds. The number of aryl methyl sites for hydroxylation is 1. The Bertz CT molecular complexity index is 850. The number of nitrogens with zero attached hydrogens (tertiary/aromatic N) is 1. The number of carbonyl (C=O) groups excluding carboxylic acids is 2. The largest absolute Gasteiger partial charge is 0.365 e. The van der Waals surface area contributed by atoms with Crippen LogP contribution in [-0.4, -0.2) is 29.8 Å². The van der Waals surface area contributed by atoms with Crippen molar-refractivity contribution >= 4 is 39.8 Å². The number of rotatable bonds is 7. The molecule has 0 unspecified atom stereocenters. The van der Waals surface area contributed by atoms with Crippen LogP contribution in [0.5, 0.6) is 0 Å². The Balaban J connectivity index is 1.70. The normalized spacial score (nSPS) is 13.4. The van der Waals surface area contributed by atoms with Crippen LogP contribution in [0.25, 0.3) is 0 Å². The Morgan fingerprint density at radius 1 is 1.26 bits per heavy atom. The maximum Gasteiger partial charge on any atom is 0.251 e. The van der Waals surface area contributed by atoms with Crippen LogP contribution >= 0.6 is 22.9 Å². The van der Waals surface area contributed by atoms with E-state index in [0.29, 0.717) is 28.7 Å². The molecule has 1 aromatic carbocycles. The standard InChI is InChI=1S/C20H24ClN3O2S/c1-2-24(11-13-7-3-5-9-15(13)21)12-17(25)23-20-18(19(22)26)14-8-4-6-10-16(14)27-20/h3,5,7,9H,2,4,6,8,10-12H2,1H3,(H2,22,26)(H,23,25). The van der Waals surface area contributed by atoms with Gasteiger partial charge in [0.2, 0.25) is 5.91 Å². The number of amides is 2. The van der Waals surface area contributed by atoms with Crippen molar-refractivity contribution in [2.75, 3.05) is 18.4 Å². The first-order chi connectivity index (χ1) is 13.0. The van der Waals surface area contributed by atoms with Gasteiger partial charge in [-0.3, -0.25) is 14.5 Å². The fraction of sp³-hybridized carbons (Fsp3) is 0.400. The molecule has 0 fully saturated rings. The highest BCUT2D eigenvalue weighted by molar-refractivity contribution is 7.17. The van der Waals surface area contributed by atoms with Crippen LogP contribution in [0.2, 0.25) is 5.02 Å². The lowest BCUT2D eigenvalue weighted by molar-refractivity contribution is -0.117. The molecule has 5 nitrogen and oxygen atoms in total. The number of nitrogens with one attached hydrogen (secondary N) is 1. The molecule has 0 saturated heterocycles. The van der Waals surface area contributed by atoms with E-state index in [-0.39, 0.29) is 12.5 Å². The highest BCUT2D eigenvalue weighted by atomic mass is 35.5. The monoisotopic (exact) mass is 405 g/mol. The molecule has 27 heavy (non-hydrogen) atoms. The number of hydrogen-bond acceptors (Lipinski definition) is 4. The minimum absolute atomic E-state index is 0.148. The third-order valence-electron chi connectivity index (χ3n) is 4.84. The van der Waals surface area contributed by atoms with Gasteiger partial charge in [-0.05, 0) is 49.4 Å². The first-order valence-electron chi connectivity index (χ1n) is 9.19. The van der Waals surface area contributed by atoms with E-state index >= 15 is 0 Å². The number of benzene rings is 1. The van der Waals surface area contributed by atoms with Gasteiger partial charge in [0.15, 0.2) is 0 Å². The van der Waals surface area contributed by atoms with Crippen LogP contribution in [0.4, 0.5) is 5.00 Å². The van der Waals surface area contributed by atoms with E-state index in [1.807, 2.05) is 36.1 Å². The summed E-state index contributed by atoms with van der Waals surface area (Å²) >= 11 is 7.72. The van der Waals surface area contributed by atoms with Gasteiger partial charge in [-0.25, -0.2) is 0 Å². The van der Waals surface area contributed by atoms with Crippen molar-refractivity contribution in [2.45, 2.75) is 39.2 Å². The van der Waals surface area contributed by atoms with E-state index in [0.717, 1.165) is 36.8 Å². The maximum atomic E-state index is 12.6. The van der Waals surface area contributed by atoms with Crippen molar-refractivity contribution in [3.63, 3.8) is 0 Å². The van der Waals surface area contributed by atoms with Crippen LogP contribution < -0.4 is 11.1 Å². The molecule has 0 radical (unpaired) electrons. The lowest BCUT2D eigenvalue weighted by atomic mass is 9.95. The first-order valence-corrected chi connectivity index (χ1v) is 10.4. The molecule has 1 aliphatic carbocycles. The van der Waals surface area contributed by atoms with Crippen molar-refractivity contribution in [1.29, 1.82) is 0 Å². The summed E-state index contributed by atoms with van der Waals surface area (Å²) in [7, 11) is 0. The van der Waals surface area contributed by atoms with Gasteiger partial charge in [0, 0.05) is 16.4 Å². The quantitative estimate of drug-likeness (QED) is 0.734. The predicted octanol–water partition coefficient (Wildman–Crippen LogP) is 3.84. The number of thiophene rings is 1. The number of primary amides is 1. The van der Waals surface area contributed by atoms with Crippen LogP contribution in [-0.2, 0) is 24.2 Å². The predicted molar refractivity (Wildman–Crippen MR) is 111 cm³/mol. The molecular formula is C20H24ClN3O2S. The Morgan fingerprint density at radius 3 is 2.70 bits per heavy atom. The molecule has 1 aromatic heterocycles. The summed E-state index contributed by atoms with van der Waals surface area (Å²) in [5.41, 5.74) is 8.10. The van der Waals surface area contributed by atoms with Gasteiger partial charge in [-0.1, -0.05) is 36.7 Å². The summed E-state index contributed by atoms with van der Waals surface area (Å²) in [4.78, 5) is 27.7. The second-order valence-corrected chi connectivity index (χ2v) is 8.23. The number of fused-ring (bicyclic) bond motifs is 1. The second kappa shape index (κ2) is 8.87. The molecule has 1 aliphatic rings. The third-order valence-corrected chi connectivity index (χ3v) is 6.41. The molecule has 144 valence electrons. The molecule has 0 bridgehead atoms. The topological polar surface area (TPSA) is 75.4 Å². The Kier molecular flexibility index (Phi) is 6.52. The summed E-state index contributed by atoms with van der Waals surface area (Å²) in [5.74, 6) is -0.613. The van der Waals surface area contributed by atoms with Crippen LogP contribution in [0, 0.1) is 0 Å². The minimum atomic E-state index is -0.465. The van der Waals surface area contributed by atoms with Crippen molar-refractivity contribution in [3.8, 4) is 0 Å². The molecule has 1 heterocycles. The highest BCUT2D eigenvalue weighted by Crippen LogP contribution is 2.37. The van der Waals surface area contributed by atoms with Crippen LogP contribution in [0.3, 0.4) is 0 Å². The second-order valence-electron chi connectivity index (χ2n) is 6.72. The van der Waals surface area contributed by atoms with Gasteiger partial charge in [-0.15, -0.1) is 11.3 Å². The third kappa shape index (κ3) is 4.69. The van der Waals surface area contributed by atoms with E-state index in [4.69, 9.17) is 17.3 Å². The number of halogens is 1. The van der Waals surface area contributed by atoms with E-state index < -0.39 is 5.91 Å². The number of anilines is 1. The smallest absolute Gasteiger partial charge is 0.251 e. The maximum absolute atomic E-state index is 12.6. The average molecular weight is 406 g/mol. The molecule has 3 N–H and O–H groups in total. The molecular weight excluding hydrogens is 382 g/mol. The van der Waals surface area contributed by atoms with Gasteiger partial charge in [0.1, 0.15) is 5.00 Å². The Hall–Kier alpha value is -1.89. The summed E-state index contributed by atoms with van der Waals surface area (Å²) in [6, 6.07) is 7.63. The fourth-order valence-corrected chi connectivity index (χ4v) is 4.94. The van der Waals surface area contributed by atoms with Gasteiger partial charge in [0.05, 0.1) is 12.1 Å². The SMILES string of the molecule is CCN(CC(=O)Nc1sc2c(c1C(N)=O)CCCC2)Cc1ccccc1Cl. The van der Waals surface area contributed by atoms with Crippen molar-refractivity contribution in [2.24, 2.45) is 5.73 Å². The average Bonchev–Trinajstić information content (AvgIpc) is 3.00. The number of likely N-dealkylation sites (N-methyl/N-ethyl adjacent to an activating group) is 1. The lowest BCUT2D eigenvalue weighted by Crippen LogP contribution is -2.33. The van der Waals surface area contributed by atoms with Crippen molar-refractivity contribution in [1.82, 2.24) is 4.90 Å². The van der Waals surface area contributed by atoms with E-state index in [9.17, 15) is 9.59 Å². The van der Waals surface area contributed by atoms with Gasteiger partial charge in [0.25, 0.3) is 5.91 Å². The molecule has 0 atom stereocenters. The highest BCUT2D eigenvalue weighted by Gasteiger charge is 2.25. The molecule has 0 spiro atoms. The zero-order chi connectivity index (χ0) is 19.4. The van der Waals surface area contributed by atoms with E-state index in [1.54, 1.807) is 0 Å². The Morgan fingerprint density at radius 2 is 2.00 bits per heavy atom. The number of carbonyl (C=O) groups is 2. The number of hydrogen-bond donors (Lipinski definition) is 2. The summed E-state index contributed by atoms with van der Waals surface area (Å²) in [5, 5.41) is 4.20. The number of nitrogens with two attached hydrogens (primary N) is 1. The molecule has 3 rings (SSSR count). The fourth-order valence-electron chi connectivity index (χ4n) is 3.43. The van der Waals surface area contributed by atoms with Gasteiger partial charge in [-0.2, -0.15) is 0 Å². The zero-order valence-electron chi connectivity index (χ0n) is 15.4. The first kappa shape index (κ1) is 19.9. The van der Waals surface area contributed by atoms with Crippen molar-refractivity contribution < 1.29 is 9.59 Å².